The van der Waals surface area contributed by atoms with Crippen molar-refractivity contribution in [2.24, 2.45) is 5.92 Å². The molecule has 0 bridgehead atoms. The van der Waals surface area contributed by atoms with Crippen molar-refractivity contribution in [1.82, 2.24) is 0 Å². The van der Waals surface area contributed by atoms with Gasteiger partial charge in [0.2, 0.25) is 6.29 Å². The molecule has 0 saturated carbocycles. The molecule has 0 aromatic carbocycles. The molecular formula is C6H12O4. The summed E-state index contributed by atoms with van der Waals surface area (Å²) in [6, 6.07) is 0. The minimum absolute atomic E-state index is 0.277. The van der Waals surface area contributed by atoms with Gasteiger partial charge in [-0.2, -0.15) is 0 Å². The molecule has 0 spiro atoms. The van der Waals surface area contributed by atoms with Gasteiger partial charge in [-0.1, -0.05) is 13.8 Å². The second kappa shape index (κ2) is 4.24. The number of rotatable bonds is 3. The predicted octanol–water partition coefficient (Wildman–Crippen LogP) is -0.504. The lowest BCUT2D eigenvalue weighted by atomic mass is 10.2. The molecule has 0 heterocycles. The summed E-state index contributed by atoms with van der Waals surface area (Å²) in [5.74, 6) is -0.789. The lowest BCUT2D eigenvalue weighted by molar-refractivity contribution is -0.177. The molecule has 0 saturated heterocycles. The third-order valence-corrected chi connectivity index (χ3v) is 0.880. The summed E-state index contributed by atoms with van der Waals surface area (Å²) >= 11 is 0. The zero-order valence-electron chi connectivity index (χ0n) is 6.07. The van der Waals surface area contributed by atoms with Gasteiger partial charge in [-0.3, -0.25) is 4.79 Å². The van der Waals surface area contributed by atoms with Crippen molar-refractivity contribution in [2.45, 2.75) is 20.1 Å². The van der Waals surface area contributed by atoms with Gasteiger partial charge in [-0.25, -0.2) is 0 Å². The van der Waals surface area contributed by atoms with Crippen LogP contribution in [0.25, 0.3) is 0 Å². The average molecular weight is 148 g/mol. The van der Waals surface area contributed by atoms with Crippen LogP contribution in [0.3, 0.4) is 0 Å². The SMILES string of the molecule is CC(C)C(=O)OC(O)CO. The zero-order valence-corrected chi connectivity index (χ0v) is 6.07. The summed E-state index contributed by atoms with van der Waals surface area (Å²) in [5, 5.41) is 16.8. The van der Waals surface area contributed by atoms with Crippen molar-refractivity contribution in [3.8, 4) is 0 Å². The standard InChI is InChI=1S/C6H12O4/c1-4(2)6(9)10-5(8)3-7/h4-5,7-8H,3H2,1-2H3. The molecule has 0 radical (unpaired) electrons. The molecule has 0 aromatic rings. The van der Waals surface area contributed by atoms with Crippen LogP contribution in [0.15, 0.2) is 0 Å². The maximum atomic E-state index is 10.6. The Morgan fingerprint density at radius 3 is 2.40 bits per heavy atom. The molecule has 60 valence electrons. The van der Waals surface area contributed by atoms with Crippen molar-refractivity contribution in [3.05, 3.63) is 0 Å². The second-order valence-corrected chi connectivity index (χ2v) is 2.23. The molecule has 0 aliphatic heterocycles. The van der Waals surface area contributed by atoms with E-state index in [4.69, 9.17) is 10.2 Å². The van der Waals surface area contributed by atoms with Crippen molar-refractivity contribution in [2.75, 3.05) is 6.61 Å². The van der Waals surface area contributed by atoms with Gasteiger partial charge in [0, 0.05) is 0 Å². The van der Waals surface area contributed by atoms with Crippen molar-refractivity contribution in [3.63, 3.8) is 0 Å². The summed E-state index contributed by atoms with van der Waals surface area (Å²) in [6.45, 7) is 2.73. The molecular weight excluding hydrogens is 136 g/mol. The molecule has 0 aliphatic carbocycles. The quantitative estimate of drug-likeness (QED) is 0.418. The molecule has 0 fully saturated rings. The minimum atomic E-state index is -1.38. The van der Waals surface area contributed by atoms with Crippen LogP contribution in [0.2, 0.25) is 0 Å². The third kappa shape index (κ3) is 3.42. The van der Waals surface area contributed by atoms with Crippen LogP contribution >= 0.6 is 0 Å². The van der Waals surface area contributed by atoms with Gasteiger partial charge in [-0.05, 0) is 0 Å². The molecule has 0 rings (SSSR count). The van der Waals surface area contributed by atoms with Crippen molar-refractivity contribution < 1.29 is 19.7 Å². The molecule has 4 nitrogen and oxygen atoms in total. The summed E-state index contributed by atoms with van der Waals surface area (Å²) < 4.78 is 4.33. The molecule has 1 atom stereocenters. The van der Waals surface area contributed by atoms with E-state index in [9.17, 15) is 4.79 Å². The van der Waals surface area contributed by atoms with E-state index in [0.717, 1.165) is 0 Å². The molecule has 2 N–H and O–H groups in total. The summed E-state index contributed by atoms with van der Waals surface area (Å²) in [5.41, 5.74) is 0. The number of hydrogen-bond acceptors (Lipinski definition) is 4. The van der Waals surface area contributed by atoms with Crippen LogP contribution < -0.4 is 0 Å². The van der Waals surface area contributed by atoms with E-state index in [0.29, 0.717) is 0 Å². The highest BCUT2D eigenvalue weighted by molar-refractivity contribution is 5.71. The summed E-state index contributed by atoms with van der Waals surface area (Å²) in [7, 11) is 0. The number of carbonyl (C=O) groups excluding carboxylic acids is 1. The highest BCUT2D eigenvalue weighted by atomic mass is 16.6. The number of hydrogen-bond donors (Lipinski definition) is 2. The lowest BCUT2D eigenvalue weighted by Crippen LogP contribution is -2.23. The molecule has 4 heteroatoms. The normalized spacial score (nSPS) is 13.3. The fourth-order valence-electron chi connectivity index (χ4n) is 0.307. The third-order valence-electron chi connectivity index (χ3n) is 0.880. The number of esters is 1. The Hall–Kier alpha value is -0.610. The minimum Gasteiger partial charge on any atom is -0.433 e. The van der Waals surface area contributed by atoms with Gasteiger partial charge in [0.15, 0.2) is 0 Å². The Balaban J connectivity index is 3.57. The molecule has 1 unspecified atom stereocenters. The number of aliphatic hydroxyl groups excluding tert-OH is 2. The topological polar surface area (TPSA) is 66.8 Å². The van der Waals surface area contributed by atoms with Gasteiger partial charge in [0.1, 0.15) is 6.61 Å². The highest BCUT2D eigenvalue weighted by Gasteiger charge is 2.12. The van der Waals surface area contributed by atoms with E-state index in [2.05, 4.69) is 4.74 Å². The Kier molecular flexibility index (Phi) is 3.99. The van der Waals surface area contributed by atoms with E-state index >= 15 is 0 Å². The first-order valence-corrected chi connectivity index (χ1v) is 3.07. The molecule has 0 aromatic heterocycles. The lowest BCUT2D eigenvalue weighted by Gasteiger charge is -2.10. The number of ether oxygens (including phenoxy) is 1. The predicted molar refractivity (Wildman–Crippen MR) is 34.0 cm³/mol. The van der Waals surface area contributed by atoms with E-state index < -0.39 is 18.9 Å². The monoisotopic (exact) mass is 148 g/mol. The molecule has 0 aliphatic rings. The average Bonchev–Trinajstić information content (AvgIpc) is 1.87. The van der Waals surface area contributed by atoms with E-state index in [1.807, 2.05) is 0 Å². The summed E-state index contributed by atoms with van der Waals surface area (Å²) in [6.07, 6.45) is -1.38. The fraction of sp³-hybridized carbons (Fsp3) is 0.833. The van der Waals surface area contributed by atoms with Crippen LogP contribution in [0.4, 0.5) is 0 Å². The Bertz CT molecular complexity index is 110. The van der Waals surface area contributed by atoms with Crippen LogP contribution in [-0.2, 0) is 9.53 Å². The van der Waals surface area contributed by atoms with Crippen LogP contribution in [0.5, 0.6) is 0 Å². The largest absolute Gasteiger partial charge is 0.433 e. The Morgan fingerprint density at radius 2 is 2.10 bits per heavy atom. The van der Waals surface area contributed by atoms with E-state index in [1.165, 1.54) is 0 Å². The first-order valence-electron chi connectivity index (χ1n) is 3.07. The summed E-state index contributed by atoms with van der Waals surface area (Å²) in [4.78, 5) is 10.6. The van der Waals surface area contributed by atoms with Gasteiger partial charge in [0.05, 0.1) is 5.92 Å². The Morgan fingerprint density at radius 1 is 1.60 bits per heavy atom. The zero-order chi connectivity index (χ0) is 8.15. The maximum Gasteiger partial charge on any atom is 0.310 e. The second-order valence-electron chi connectivity index (χ2n) is 2.23. The van der Waals surface area contributed by atoms with Crippen LogP contribution in [0, 0.1) is 5.92 Å². The van der Waals surface area contributed by atoms with Crippen molar-refractivity contribution in [1.29, 1.82) is 0 Å². The van der Waals surface area contributed by atoms with Gasteiger partial charge in [0.25, 0.3) is 0 Å². The maximum absolute atomic E-state index is 10.6. The van der Waals surface area contributed by atoms with Crippen LogP contribution in [0.1, 0.15) is 13.8 Å². The van der Waals surface area contributed by atoms with Crippen molar-refractivity contribution >= 4 is 5.97 Å². The molecule has 10 heavy (non-hydrogen) atoms. The Labute approximate surface area is 59.4 Å². The number of aliphatic hydroxyl groups is 2. The highest BCUT2D eigenvalue weighted by Crippen LogP contribution is 1.97. The van der Waals surface area contributed by atoms with Gasteiger partial charge in [-0.15, -0.1) is 0 Å². The molecule has 0 amide bonds. The first kappa shape index (κ1) is 9.39. The van der Waals surface area contributed by atoms with Crippen LogP contribution in [-0.4, -0.2) is 29.1 Å². The van der Waals surface area contributed by atoms with Gasteiger partial charge >= 0.3 is 5.97 Å². The van der Waals surface area contributed by atoms with Gasteiger partial charge < -0.3 is 14.9 Å². The fourth-order valence-corrected chi connectivity index (χ4v) is 0.307. The first-order chi connectivity index (χ1) is 4.57. The van der Waals surface area contributed by atoms with E-state index in [1.54, 1.807) is 13.8 Å². The number of carbonyl (C=O) groups is 1. The van der Waals surface area contributed by atoms with E-state index in [-0.39, 0.29) is 5.92 Å². The smallest absolute Gasteiger partial charge is 0.310 e.